The lowest BCUT2D eigenvalue weighted by molar-refractivity contribution is -0.895. The molecule has 1 saturated heterocycles. The first-order valence-electron chi connectivity index (χ1n) is 9.01. The third-order valence-electron chi connectivity index (χ3n) is 4.85. The zero-order chi connectivity index (χ0) is 19.4. The van der Waals surface area contributed by atoms with E-state index in [1.807, 2.05) is 18.7 Å². The van der Waals surface area contributed by atoms with Crippen LogP contribution in [0, 0.1) is 19.7 Å². The molecule has 0 spiro atoms. The molecule has 1 fully saturated rings. The molecule has 2 amide bonds. The summed E-state index contributed by atoms with van der Waals surface area (Å²) in [5.41, 5.74) is 2.05. The number of aryl methyl sites for hydroxylation is 2. The number of piperazine rings is 1. The zero-order valence-electron chi connectivity index (χ0n) is 15.5. The topological polar surface area (TPSA) is 79.9 Å². The first-order chi connectivity index (χ1) is 12.9. The van der Waals surface area contributed by atoms with Gasteiger partial charge >= 0.3 is 0 Å². The Kier molecular flexibility index (Phi) is 5.85. The number of carbonyl (C=O) groups excluding carboxylic acids is 2. The van der Waals surface area contributed by atoms with Crippen molar-refractivity contribution in [3.05, 3.63) is 47.1 Å². The van der Waals surface area contributed by atoms with Gasteiger partial charge in [0, 0.05) is 11.3 Å². The maximum absolute atomic E-state index is 13.2. The van der Waals surface area contributed by atoms with Gasteiger partial charge in [-0.2, -0.15) is 0 Å². The van der Waals surface area contributed by atoms with Crippen molar-refractivity contribution in [2.75, 3.05) is 38.0 Å². The Morgan fingerprint density at radius 2 is 2.04 bits per heavy atom. The minimum Gasteiger partial charge on any atom is -0.361 e. The summed E-state index contributed by atoms with van der Waals surface area (Å²) in [6.45, 7) is 6.53. The average molecular weight is 375 g/mol. The smallest absolute Gasteiger partial charge is 0.279 e. The van der Waals surface area contributed by atoms with Crippen molar-refractivity contribution in [2.24, 2.45) is 0 Å². The van der Waals surface area contributed by atoms with E-state index >= 15 is 0 Å². The zero-order valence-corrected chi connectivity index (χ0v) is 15.5. The van der Waals surface area contributed by atoms with E-state index in [0.29, 0.717) is 44.2 Å². The van der Waals surface area contributed by atoms with Gasteiger partial charge in [0.1, 0.15) is 11.6 Å². The minimum absolute atomic E-state index is 0.0488. The van der Waals surface area contributed by atoms with Gasteiger partial charge in [-0.3, -0.25) is 9.59 Å². The van der Waals surface area contributed by atoms with E-state index in [0.717, 1.165) is 16.2 Å². The number of hydrogen-bond acceptors (Lipinski definition) is 4. The van der Waals surface area contributed by atoms with Crippen LogP contribution in [0.15, 0.2) is 28.8 Å². The second-order valence-corrected chi connectivity index (χ2v) is 6.85. The van der Waals surface area contributed by atoms with Crippen molar-refractivity contribution in [3.63, 3.8) is 0 Å². The lowest BCUT2D eigenvalue weighted by Gasteiger charge is -2.32. The second-order valence-electron chi connectivity index (χ2n) is 6.85. The van der Waals surface area contributed by atoms with Gasteiger partial charge in [0.25, 0.3) is 5.91 Å². The number of nitrogens with one attached hydrogen (secondary N) is 2. The van der Waals surface area contributed by atoms with Gasteiger partial charge in [-0.25, -0.2) is 4.39 Å². The van der Waals surface area contributed by atoms with Crippen molar-refractivity contribution in [1.29, 1.82) is 0 Å². The van der Waals surface area contributed by atoms with Crippen LogP contribution >= 0.6 is 0 Å². The van der Waals surface area contributed by atoms with Crippen LogP contribution in [-0.4, -0.2) is 54.6 Å². The molecule has 1 aromatic carbocycles. The molecule has 0 aliphatic carbocycles. The molecule has 0 saturated carbocycles. The Hall–Kier alpha value is -2.74. The van der Waals surface area contributed by atoms with Gasteiger partial charge in [-0.15, -0.1) is 0 Å². The van der Waals surface area contributed by atoms with E-state index in [4.69, 9.17) is 4.52 Å². The normalized spacial score (nSPS) is 15.0. The van der Waals surface area contributed by atoms with E-state index in [1.165, 1.54) is 12.1 Å². The van der Waals surface area contributed by atoms with Crippen molar-refractivity contribution in [2.45, 2.75) is 20.3 Å². The summed E-state index contributed by atoms with van der Waals surface area (Å²) in [5.74, 6) is 0.184. The quantitative estimate of drug-likeness (QED) is 0.790. The molecule has 2 heterocycles. The molecule has 8 heteroatoms. The summed E-state index contributed by atoms with van der Waals surface area (Å²) in [4.78, 5) is 27.6. The highest BCUT2D eigenvalue weighted by atomic mass is 19.1. The summed E-state index contributed by atoms with van der Waals surface area (Å²) in [7, 11) is 0. The molecule has 2 N–H and O–H groups in total. The molecule has 1 aromatic heterocycles. The third kappa shape index (κ3) is 4.91. The Labute approximate surface area is 157 Å². The van der Waals surface area contributed by atoms with Crippen LogP contribution < -0.4 is 10.2 Å². The average Bonchev–Trinajstić information content (AvgIpc) is 2.94. The Balaban J connectivity index is 1.46. The van der Waals surface area contributed by atoms with Crippen LogP contribution in [0.3, 0.4) is 0 Å². The molecule has 0 unspecified atom stereocenters. The fourth-order valence-electron chi connectivity index (χ4n) is 3.26. The summed E-state index contributed by atoms with van der Waals surface area (Å²) in [6.07, 6.45) is 0.288. The standard InChI is InChI=1S/C19H23FN4O3/c1-13-17(14(2)27-22-13)11-19(26)24-8-6-23(7-9-24)12-18(25)21-16-5-3-4-15(20)10-16/h3-5,10H,6-9,11-12H2,1-2H3,(H,21,25)/p+1. The number of aromatic nitrogens is 1. The number of rotatable bonds is 5. The lowest BCUT2D eigenvalue weighted by atomic mass is 10.1. The maximum Gasteiger partial charge on any atom is 0.279 e. The van der Waals surface area contributed by atoms with Crippen LogP contribution in [0.5, 0.6) is 0 Å². The largest absolute Gasteiger partial charge is 0.361 e. The van der Waals surface area contributed by atoms with Gasteiger partial charge in [0.05, 0.1) is 38.3 Å². The van der Waals surface area contributed by atoms with Crippen LogP contribution in [0.25, 0.3) is 0 Å². The fraction of sp³-hybridized carbons (Fsp3) is 0.421. The second kappa shape index (κ2) is 8.30. The Bertz CT molecular complexity index is 809. The highest BCUT2D eigenvalue weighted by Crippen LogP contribution is 2.14. The predicted octanol–water partition coefficient (Wildman–Crippen LogP) is 0.339. The summed E-state index contributed by atoms with van der Waals surface area (Å²) < 4.78 is 18.3. The molecule has 0 bridgehead atoms. The molecule has 3 rings (SSSR count). The van der Waals surface area contributed by atoms with E-state index in [9.17, 15) is 14.0 Å². The van der Waals surface area contributed by atoms with E-state index in [1.54, 1.807) is 12.1 Å². The van der Waals surface area contributed by atoms with Crippen LogP contribution in [0.2, 0.25) is 0 Å². The number of carbonyl (C=O) groups is 2. The number of halogens is 1. The third-order valence-corrected chi connectivity index (χ3v) is 4.85. The number of amides is 2. The number of quaternary nitrogens is 1. The van der Waals surface area contributed by atoms with Crippen molar-refractivity contribution in [3.8, 4) is 0 Å². The minimum atomic E-state index is -0.384. The molecule has 1 aliphatic heterocycles. The maximum atomic E-state index is 13.2. The molecule has 27 heavy (non-hydrogen) atoms. The fourth-order valence-corrected chi connectivity index (χ4v) is 3.26. The first-order valence-corrected chi connectivity index (χ1v) is 9.01. The number of nitrogens with zero attached hydrogens (tertiary/aromatic N) is 2. The molecule has 0 atom stereocenters. The summed E-state index contributed by atoms with van der Waals surface area (Å²) in [6, 6.07) is 5.83. The monoisotopic (exact) mass is 375 g/mol. The van der Waals surface area contributed by atoms with Gasteiger partial charge < -0.3 is 19.6 Å². The van der Waals surface area contributed by atoms with Gasteiger partial charge in [-0.05, 0) is 32.0 Å². The Morgan fingerprint density at radius 3 is 2.67 bits per heavy atom. The Morgan fingerprint density at radius 1 is 1.30 bits per heavy atom. The van der Waals surface area contributed by atoms with Crippen LogP contribution in [-0.2, 0) is 16.0 Å². The summed E-state index contributed by atoms with van der Waals surface area (Å²) >= 11 is 0. The van der Waals surface area contributed by atoms with E-state index in [-0.39, 0.29) is 24.1 Å². The molecule has 144 valence electrons. The van der Waals surface area contributed by atoms with Gasteiger partial charge in [-0.1, -0.05) is 11.2 Å². The molecular weight excluding hydrogens is 351 g/mol. The lowest BCUT2D eigenvalue weighted by Crippen LogP contribution is -3.15. The van der Waals surface area contributed by atoms with Gasteiger partial charge in [0.15, 0.2) is 6.54 Å². The van der Waals surface area contributed by atoms with E-state index < -0.39 is 0 Å². The molecule has 2 aromatic rings. The van der Waals surface area contributed by atoms with Crippen molar-refractivity contribution >= 4 is 17.5 Å². The van der Waals surface area contributed by atoms with Crippen LogP contribution in [0.1, 0.15) is 17.0 Å². The van der Waals surface area contributed by atoms with Gasteiger partial charge in [0.2, 0.25) is 5.91 Å². The molecule has 1 aliphatic rings. The first kappa shape index (κ1) is 19.0. The molecular formula is C19H24FN4O3+. The SMILES string of the molecule is Cc1noc(C)c1CC(=O)N1CC[NH+](CC(=O)Nc2cccc(F)c2)CC1. The molecule has 7 nitrogen and oxygen atoms in total. The summed E-state index contributed by atoms with van der Waals surface area (Å²) in [5, 5.41) is 6.59. The highest BCUT2D eigenvalue weighted by Gasteiger charge is 2.26. The predicted molar refractivity (Wildman–Crippen MR) is 96.9 cm³/mol. The van der Waals surface area contributed by atoms with E-state index in [2.05, 4.69) is 10.5 Å². The van der Waals surface area contributed by atoms with Crippen LogP contribution in [0.4, 0.5) is 10.1 Å². The highest BCUT2D eigenvalue weighted by molar-refractivity contribution is 5.91. The van der Waals surface area contributed by atoms with Crippen molar-refractivity contribution < 1.29 is 23.4 Å². The number of anilines is 1. The van der Waals surface area contributed by atoms with Crippen molar-refractivity contribution in [1.82, 2.24) is 10.1 Å². The molecule has 0 radical (unpaired) electrons. The number of benzene rings is 1. The number of hydrogen-bond donors (Lipinski definition) is 2.